The molecule has 1 unspecified atom stereocenters. The van der Waals surface area contributed by atoms with Crippen LogP contribution in [-0.4, -0.2) is 32.6 Å². The molecule has 2 rings (SSSR count). The molecule has 5 heteroatoms. The van der Waals surface area contributed by atoms with Crippen LogP contribution in [0.4, 0.5) is 8.78 Å². The maximum absolute atomic E-state index is 13.5. The molecule has 100 valence electrons. The quantitative estimate of drug-likeness (QED) is 0.873. The van der Waals surface area contributed by atoms with Gasteiger partial charge in [-0.3, -0.25) is 0 Å². The minimum Gasteiger partial charge on any atom is -0.350 e. The number of benzene rings is 1. The molecule has 1 saturated heterocycles. The molecule has 1 heterocycles. The van der Waals surface area contributed by atoms with Gasteiger partial charge in [-0.15, -0.1) is 0 Å². The van der Waals surface area contributed by atoms with Crippen LogP contribution >= 0.6 is 0 Å². The van der Waals surface area contributed by atoms with E-state index >= 15 is 0 Å². The first kappa shape index (κ1) is 13.4. The van der Waals surface area contributed by atoms with Gasteiger partial charge in [-0.1, -0.05) is 12.1 Å². The van der Waals surface area contributed by atoms with Crippen molar-refractivity contribution < 1.29 is 18.3 Å². The van der Waals surface area contributed by atoms with E-state index in [0.29, 0.717) is 31.6 Å². The van der Waals surface area contributed by atoms with E-state index in [0.717, 1.165) is 6.07 Å². The molecule has 1 aromatic rings. The molecule has 0 spiro atoms. The summed E-state index contributed by atoms with van der Waals surface area (Å²) in [4.78, 5) is 0. The lowest BCUT2D eigenvalue weighted by Gasteiger charge is -2.19. The van der Waals surface area contributed by atoms with Gasteiger partial charge >= 0.3 is 0 Å². The molecule has 3 nitrogen and oxygen atoms in total. The van der Waals surface area contributed by atoms with E-state index in [-0.39, 0.29) is 12.3 Å². The molecule has 1 aliphatic rings. The summed E-state index contributed by atoms with van der Waals surface area (Å²) in [6, 6.07) is 4.22. The molecule has 1 N–H and O–H groups in total. The molecule has 1 fully saturated rings. The minimum atomic E-state index is -0.810. The van der Waals surface area contributed by atoms with E-state index in [9.17, 15) is 8.78 Å². The Kier molecular flexibility index (Phi) is 4.63. The number of halogens is 2. The second-order valence-electron chi connectivity index (χ2n) is 4.31. The van der Waals surface area contributed by atoms with Crippen LogP contribution in [0, 0.1) is 11.6 Å². The maximum atomic E-state index is 13.5. The van der Waals surface area contributed by atoms with Gasteiger partial charge in [0.15, 0.2) is 17.9 Å². The number of hydrogen-bond acceptors (Lipinski definition) is 3. The van der Waals surface area contributed by atoms with Crippen LogP contribution in [-0.2, 0) is 15.9 Å². The molecular formula is C13H17F2NO2. The zero-order chi connectivity index (χ0) is 13.0. The van der Waals surface area contributed by atoms with Crippen molar-refractivity contribution in [3.63, 3.8) is 0 Å². The van der Waals surface area contributed by atoms with Crippen molar-refractivity contribution in [2.45, 2.75) is 25.2 Å². The Bertz CT molecular complexity index is 395. The Morgan fingerprint density at radius 1 is 1.33 bits per heavy atom. The standard InChI is InChI=1S/C13H17F2NO2/c1-16-10(8-12-17-5-6-18-12)7-9-3-2-4-11(14)13(9)15/h2-4,10,12,16H,5-8H2,1H3. The highest BCUT2D eigenvalue weighted by Gasteiger charge is 2.22. The summed E-state index contributed by atoms with van der Waals surface area (Å²) < 4.78 is 37.3. The highest BCUT2D eigenvalue weighted by molar-refractivity contribution is 5.20. The summed E-state index contributed by atoms with van der Waals surface area (Å²) in [5.74, 6) is -1.58. The molecule has 1 aliphatic heterocycles. The molecule has 0 aromatic heterocycles. The van der Waals surface area contributed by atoms with Gasteiger partial charge in [0, 0.05) is 12.5 Å². The van der Waals surface area contributed by atoms with E-state index < -0.39 is 11.6 Å². The smallest absolute Gasteiger partial charge is 0.162 e. The minimum absolute atomic E-state index is 0.00981. The third-order valence-electron chi connectivity index (χ3n) is 3.07. The fourth-order valence-electron chi connectivity index (χ4n) is 2.05. The summed E-state index contributed by atoms with van der Waals surface area (Å²) >= 11 is 0. The normalized spacial score (nSPS) is 18.2. The second-order valence-corrected chi connectivity index (χ2v) is 4.31. The lowest BCUT2D eigenvalue weighted by atomic mass is 10.0. The average Bonchev–Trinajstić information content (AvgIpc) is 2.86. The molecule has 1 atom stereocenters. The van der Waals surface area contributed by atoms with Crippen LogP contribution < -0.4 is 5.32 Å². The Hall–Kier alpha value is -1.04. The second kappa shape index (κ2) is 6.22. The number of rotatable bonds is 5. The summed E-state index contributed by atoms with van der Waals surface area (Å²) in [6.45, 7) is 1.19. The molecule has 0 amide bonds. The van der Waals surface area contributed by atoms with Crippen molar-refractivity contribution in [1.29, 1.82) is 0 Å². The predicted octanol–water partition coefficient (Wildman–Crippen LogP) is 1.86. The average molecular weight is 257 g/mol. The number of ether oxygens (including phenoxy) is 2. The van der Waals surface area contributed by atoms with E-state index in [1.807, 2.05) is 0 Å². The fourth-order valence-corrected chi connectivity index (χ4v) is 2.05. The number of hydrogen-bond donors (Lipinski definition) is 1. The molecular weight excluding hydrogens is 240 g/mol. The van der Waals surface area contributed by atoms with E-state index in [1.54, 1.807) is 13.1 Å². The molecule has 0 bridgehead atoms. The topological polar surface area (TPSA) is 30.5 Å². The van der Waals surface area contributed by atoms with Crippen LogP contribution in [0.1, 0.15) is 12.0 Å². The van der Waals surface area contributed by atoms with Crippen molar-refractivity contribution in [2.24, 2.45) is 0 Å². The Morgan fingerprint density at radius 2 is 2.06 bits per heavy atom. The first-order chi connectivity index (χ1) is 8.70. The van der Waals surface area contributed by atoms with Crippen LogP contribution in [0.2, 0.25) is 0 Å². The van der Waals surface area contributed by atoms with Crippen LogP contribution in [0.5, 0.6) is 0 Å². The van der Waals surface area contributed by atoms with Crippen LogP contribution in [0.3, 0.4) is 0 Å². The van der Waals surface area contributed by atoms with E-state index in [2.05, 4.69) is 5.32 Å². The molecule has 0 radical (unpaired) electrons. The van der Waals surface area contributed by atoms with Gasteiger partial charge in [-0.05, 0) is 25.1 Å². The summed E-state index contributed by atoms with van der Waals surface area (Å²) in [5.41, 5.74) is 0.368. The molecule has 18 heavy (non-hydrogen) atoms. The Morgan fingerprint density at radius 3 is 2.72 bits per heavy atom. The summed E-state index contributed by atoms with van der Waals surface area (Å²) in [7, 11) is 1.79. The van der Waals surface area contributed by atoms with Gasteiger partial charge < -0.3 is 14.8 Å². The largest absolute Gasteiger partial charge is 0.350 e. The van der Waals surface area contributed by atoms with E-state index in [1.165, 1.54) is 6.07 Å². The number of likely N-dealkylation sites (N-methyl/N-ethyl adjacent to an activating group) is 1. The van der Waals surface area contributed by atoms with Crippen molar-refractivity contribution in [3.05, 3.63) is 35.4 Å². The summed E-state index contributed by atoms with van der Waals surface area (Å²) in [6.07, 6.45) is 0.773. The van der Waals surface area contributed by atoms with Gasteiger partial charge in [0.05, 0.1) is 13.2 Å². The van der Waals surface area contributed by atoms with Crippen LogP contribution in [0.15, 0.2) is 18.2 Å². The first-order valence-electron chi connectivity index (χ1n) is 6.04. The Balaban J connectivity index is 1.98. The van der Waals surface area contributed by atoms with Crippen molar-refractivity contribution >= 4 is 0 Å². The number of nitrogens with one attached hydrogen (secondary N) is 1. The highest BCUT2D eigenvalue weighted by atomic mass is 19.2. The van der Waals surface area contributed by atoms with E-state index in [4.69, 9.17) is 9.47 Å². The molecule has 0 saturated carbocycles. The zero-order valence-electron chi connectivity index (χ0n) is 10.3. The van der Waals surface area contributed by atoms with Gasteiger partial charge in [0.2, 0.25) is 0 Å². The van der Waals surface area contributed by atoms with Crippen molar-refractivity contribution in [1.82, 2.24) is 5.32 Å². The lowest BCUT2D eigenvalue weighted by Crippen LogP contribution is -2.32. The van der Waals surface area contributed by atoms with Gasteiger partial charge in [0.25, 0.3) is 0 Å². The third-order valence-corrected chi connectivity index (χ3v) is 3.07. The van der Waals surface area contributed by atoms with Gasteiger partial charge in [-0.25, -0.2) is 8.78 Å². The van der Waals surface area contributed by atoms with Gasteiger partial charge in [-0.2, -0.15) is 0 Å². The zero-order valence-corrected chi connectivity index (χ0v) is 10.3. The molecule has 0 aliphatic carbocycles. The van der Waals surface area contributed by atoms with Crippen molar-refractivity contribution in [2.75, 3.05) is 20.3 Å². The fraction of sp³-hybridized carbons (Fsp3) is 0.538. The Labute approximate surface area is 105 Å². The molecule has 1 aromatic carbocycles. The summed E-state index contributed by atoms with van der Waals surface area (Å²) in [5, 5.41) is 3.07. The third kappa shape index (κ3) is 3.25. The van der Waals surface area contributed by atoms with Crippen LogP contribution in [0.25, 0.3) is 0 Å². The predicted molar refractivity (Wildman–Crippen MR) is 63.2 cm³/mol. The van der Waals surface area contributed by atoms with Crippen molar-refractivity contribution in [3.8, 4) is 0 Å². The first-order valence-corrected chi connectivity index (χ1v) is 6.04. The van der Waals surface area contributed by atoms with Gasteiger partial charge in [0.1, 0.15) is 0 Å². The monoisotopic (exact) mass is 257 g/mol. The SMILES string of the molecule is CNC(Cc1cccc(F)c1F)CC1OCCO1. The maximum Gasteiger partial charge on any atom is 0.162 e. The lowest BCUT2D eigenvalue weighted by molar-refractivity contribution is -0.0523. The highest BCUT2D eigenvalue weighted by Crippen LogP contribution is 2.17.